The number of benzene rings is 2. The maximum absolute atomic E-state index is 13.4. The molecule has 1 N–H and O–H groups in total. The van der Waals surface area contributed by atoms with Crippen LogP contribution in [-0.4, -0.2) is 68.0 Å². The average Bonchev–Trinajstić information content (AvgIpc) is 3.34. The van der Waals surface area contributed by atoms with Gasteiger partial charge in [0.1, 0.15) is 0 Å². The van der Waals surface area contributed by atoms with E-state index in [1.54, 1.807) is 4.90 Å². The molecule has 2 heterocycles. The van der Waals surface area contributed by atoms with Crippen LogP contribution in [0.25, 0.3) is 5.69 Å². The topological polar surface area (TPSA) is 93.4 Å². The molecule has 1 fully saturated rings. The SMILES string of the molecule is C=[AsH](c1cc(-n2nnnc2C(F)(F)F)ccc1O)C1CCCN(C(=O)OC(C)(C)C)C1c1ccccc1. The summed E-state index contributed by atoms with van der Waals surface area (Å²) in [6, 6.07) is 13.4. The quantitative estimate of drug-likeness (QED) is 0.471. The van der Waals surface area contributed by atoms with Gasteiger partial charge in [0.2, 0.25) is 0 Å². The number of carbonyl (C=O) groups excluding carboxylic acids is 1. The number of likely N-dealkylation sites (tertiary alicyclic amines) is 1. The standard InChI is InChI=1S/C25H29AsF3N5O3/c1-24(2,3)37-23(36)33-14-8-11-18(21(33)16-9-6-5-7-10-16)26(4)19-15-17(12-13-20(19)35)34-22(25(27,28)29)30-31-32-34/h5-7,9-10,12-13,15,18,21,26,35H,4,8,11,14H2,1-3H3. The van der Waals surface area contributed by atoms with Crippen molar-refractivity contribution in [1.29, 1.82) is 0 Å². The first-order valence-electron chi connectivity index (χ1n) is 11.8. The fraction of sp³-hybridized carbons (Fsp3) is 0.400. The molecule has 1 aliphatic heterocycles. The average molecular weight is 579 g/mol. The number of ether oxygens (including phenoxy) is 1. The van der Waals surface area contributed by atoms with Gasteiger partial charge in [0.25, 0.3) is 0 Å². The van der Waals surface area contributed by atoms with Gasteiger partial charge in [-0.3, -0.25) is 0 Å². The summed E-state index contributed by atoms with van der Waals surface area (Å²) in [5.41, 5.74) is 0.320. The van der Waals surface area contributed by atoms with E-state index in [2.05, 4.69) is 20.8 Å². The molecular weight excluding hydrogens is 550 g/mol. The fourth-order valence-corrected chi connectivity index (χ4v) is 9.74. The summed E-state index contributed by atoms with van der Waals surface area (Å²) in [5.74, 6) is -1.30. The summed E-state index contributed by atoms with van der Waals surface area (Å²) in [7, 11) is 0. The first-order chi connectivity index (χ1) is 17.4. The Hall–Kier alpha value is -3.20. The third kappa shape index (κ3) is 5.87. The molecule has 0 spiro atoms. The zero-order valence-corrected chi connectivity index (χ0v) is 22.8. The Morgan fingerprint density at radius 1 is 1.16 bits per heavy atom. The minimum atomic E-state index is -4.75. The number of amides is 1. The van der Waals surface area contributed by atoms with Gasteiger partial charge in [-0.15, -0.1) is 0 Å². The predicted molar refractivity (Wildman–Crippen MR) is 135 cm³/mol. The zero-order valence-electron chi connectivity index (χ0n) is 20.7. The molecule has 1 saturated heterocycles. The summed E-state index contributed by atoms with van der Waals surface area (Å²) in [5, 5.41) is 25.0. The molecule has 3 unspecified atom stereocenters. The Morgan fingerprint density at radius 3 is 2.51 bits per heavy atom. The molecule has 2 aromatic carbocycles. The number of carbonyl (C=O) groups is 1. The van der Waals surface area contributed by atoms with Crippen molar-refractivity contribution in [2.75, 3.05) is 6.54 Å². The molecule has 3 aromatic rings. The second kappa shape index (κ2) is 10.3. The zero-order chi connectivity index (χ0) is 27.0. The molecular formula is C25H29AsF3N5O3. The van der Waals surface area contributed by atoms with E-state index in [-0.39, 0.29) is 22.2 Å². The van der Waals surface area contributed by atoms with E-state index < -0.39 is 37.9 Å². The summed E-state index contributed by atoms with van der Waals surface area (Å²) in [6.07, 6.45) is -3.72. The van der Waals surface area contributed by atoms with Gasteiger partial charge >= 0.3 is 217 Å². The summed E-state index contributed by atoms with van der Waals surface area (Å²) < 4.78 is 46.9. The number of aromatic nitrogens is 4. The number of phenolic OH excluding ortho intramolecular Hbond substituents is 1. The second-order valence-electron chi connectivity index (χ2n) is 9.92. The van der Waals surface area contributed by atoms with Crippen molar-refractivity contribution < 1.29 is 27.8 Å². The normalized spacial score (nSPS) is 19.5. The van der Waals surface area contributed by atoms with Crippen molar-refractivity contribution in [3.8, 4) is 11.4 Å². The summed E-state index contributed by atoms with van der Waals surface area (Å²) in [4.78, 5) is 14.9. The van der Waals surface area contributed by atoms with Gasteiger partial charge in [-0.25, -0.2) is 0 Å². The van der Waals surface area contributed by atoms with E-state index >= 15 is 0 Å². The number of nitrogens with zero attached hydrogens (tertiary/aromatic N) is 5. The number of aromatic hydroxyl groups is 1. The van der Waals surface area contributed by atoms with Crippen LogP contribution in [0.2, 0.25) is 4.71 Å². The summed E-state index contributed by atoms with van der Waals surface area (Å²) in [6.45, 7) is 5.93. The van der Waals surface area contributed by atoms with Crippen LogP contribution in [0.15, 0.2) is 48.5 Å². The maximum atomic E-state index is 13.4. The van der Waals surface area contributed by atoms with Gasteiger partial charge in [0.15, 0.2) is 0 Å². The van der Waals surface area contributed by atoms with Crippen molar-refractivity contribution in [2.45, 2.75) is 56.1 Å². The van der Waals surface area contributed by atoms with Crippen LogP contribution in [0.3, 0.4) is 0 Å². The van der Waals surface area contributed by atoms with Crippen LogP contribution in [-0.2, 0) is 10.9 Å². The van der Waals surface area contributed by atoms with Crippen molar-refractivity contribution in [3.05, 3.63) is 59.9 Å². The number of halogens is 3. The van der Waals surface area contributed by atoms with Crippen molar-refractivity contribution in [2.24, 2.45) is 0 Å². The molecule has 8 nitrogen and oxygen atoms in total. The van der Waals surface area contributed by atoms with E-state index in [1.807, 2.05) is 51.1 Å². The fourth-order valence-electron chi connectivity index (χ4n) is 4.60. The first kappa shape index (κ1) is 26.8. The van der Waals surface area contributed by atoms with E-state index in [0.717, 1.165) is 12.0 Å². The number of piperidine rings is 1. The Kier molecular flexibility index (Phi) is 7.46. The van der Waals surface area contributed by atoms with E-state index in [4.69, 9.17) is 4.74 Å². The molecule has 198 valence electrons. The third-order valence-electron chi connectivity index (χ3n) is 6.14. The van der Waals surface area contributed by atoms with Gasteiger partial charge < -0.3 is 0 Å². The second-order valence-corrected chi connectivity index (χ2v) is 14.8. The number of hydrogen-bond acceptors (Lipinski definition) is 6. The van der Waals surface area contributed by atoms with Crippen LogP contribution in [0.4, 0.5) is 18.0 Å². The van der Waals surface area contributed by atoms with E-state index in [9.17, 15) is 23.1 Å². The van der Waals surface area contributed by atoms with Gasteiger partial charge in [-0.05, 0) is 0 Å². The van der Waals surface area contributed by atoms with Crippen LogP contribution in [0.1, 0.15) is 51.0 Å². The molecule has 1 aliphatic rings. The monoisotopic (exact) mass is 579 g/mol. The minimum absolute atomic E-state index is 0.0448. The Morgan fingerprint density at radius 2 is 1.86 bits per heavy atom. The van der Waals surface area contributed by atoms with Crippen molar-refractivity contribution in [1.82, 2.24) is 25.1 Å². The van der Waals surface area contributed by atoms with Crippen LogP contribution < -0.4 is 4.35 Å². The first-order valence-corrected chi connectivity index (χ1v) is 15.5. The third-order valence-corrected chi connectivity index (χ3v) is 11.6. The van der Waals surface area contributed by atoms with E-state index in [0.29, 0.717) is 22.0 Å². The van der Waals surface area contributed by atoms with Gasteiger partial charge in [-0.2, -0.15) is 0 Å². The van der Waals surface area contributed by atoms with Gasteiger partial charge in [0.05, 0.1) is 0 Å². The van der Waals surface area contributed by atoms with Crippen LogP contribution >= 0.6 is 0 Å². The predicted octanol–water partition coefficient (Wildman–Crippen LogP) is 3.98. The number of alkyl halides is 3. The van der Waals surface area contributed by atoms with Gasteiger partial charge in [0, 0.05) is 0 Å². The van der Waals surface area contributed by atoms with Crippen LogP contribution in [0.5, 0.6) is 5.75 Å². The Bertz CT molecular complexity index is 1290. The molecule has 0 radical (unpaired) electrons. The Labute approximate surface area is 216 Å². The molecule has 0 saturated carbocycles. The molecule has 1 amide bonds. The van der Waals surface area contributed by atoms with Crippen molar-refractivity contribution in [3.63, 3.8) is 0 Å². The molecule has 37 heavy (non-hydrogen) atoms. The summed E-state index contributed by atoms with van der Waals surface area (Å²) >= 11 is -2.70. The van der Waals surface area contributed by atoms with Crippen molar-refractivity contribution >= 4 is 30.0 Å². The molecule has 3 atom stereocenters. The Balaban J connectivity index is 1.75. The van der Waals surface area contributed by atoms with Crippen LogP contribution in [0, 0.1) is 0 Å². The molecule has 0 aliphatic carbocycles. The number of tetrazole rings is 1. The number of hydrogen-bond donors (Lipinski definition) is 1. The molecule has 0 bridgehead atoms. The van der Waals surface area contributed by atoms with Gasteiger partial charge in [-0.1, -0.05) is 0 Å². The number of rotatable bonds is 4. The molecule has 4 rings (SSSR count). The number of phenols is 1. The molecule has 12 heteroatoms. The molecule has 1 aromatic heterocycles. The van der Waals surface area contributed by atoms with E-state index in [1.165, 1.54) is 18.2 Å².